The molecule has 0 aliphatic carbocycles. The average molecular weight is 403 g/mol. The van der Waals surface area contributed by atoms with E-state index in [0.717, 1.165) is 29.9 Å². The van der Waals surface area contributed by atoms with Crippen molar-refractivity contribution in [1.29, 1.82) is 0 Å². The lowest BCUT2D eigenvalue weighted by atomic mass is 10.0. The Labute approximate surface area is 168 Å². The Bertz CT molecular complexity index is 829. The van der Waals surface area contributed by atoms with Crippen LogP contribution in [0.1, 0.15) is 18.6 Å². The third kappa shape index (κ3) is 3.62. The number of benzene rings is 1. The molecule has 1 aromatic heterocycles. The molecule has 0 N–H and O–H groups in total. The maximum absolute atomic E-state index is 12.6. The highest BCUT2D eigenvalue weighted by molar-refractivity contribution is 8.01. The van der Waals surface area contributed by atoms with Crippen molar-refractivity contribution in [3.63, 3.8) is 0 Å². The second-order valence-electron chi connectivity index (χ2n) is 6.89. The van der Waals surface area contributed by atoms with Crippen molar-refractivity contribution in [3.8, 4) is 11.3 Å². The topological polar surface area (TPSA) is 53.8 Å². The van der Waals surface area contributed by atoms with E-state index in [2.05, 4.69) is 12.6 Å². The summed E-state index contributed by atoms with van der Waals surface area (Å²) in [6, 6.07) is 13.9. The van der Waals surface area contributed by atoms with Crippen molar-refractivity contribution in [1.82, 2.24) is 9.80 Å². The molecule has 0 bridgehead atoms. The molecule has 27 heavy (non-hydrogen) atoms. The number of carbonyl (C=O) groups excluding carboxylic acids is 2. The van der Waals surface area contributed by atoms with Crippen LogP contribution in [0.3, 0.4) is 0 Å². The summed E-state index contributed by atoms with van der Waals surface area (Å²) in [5.41, 5.74) is 1.03. The Hall–Kier alpha value is -1.86. The van der Waals surface area contributed by atoms with E-state index < -0.39 is 0 Å². The fraction of sp³-hybridized carbons (Fsp3) is 0.400. The van der Waals surface area contributed by atoms with E-state index in [-0.39, 0.29) is 22.4 Å². The van der Waals surface area contributed by atoms with Crippen LogP contribution >= 0.6 is 24.4 Å². The quantitative estimate of drug-likeness (QED) is 0.798. The van der Waals surface area contributed by atoms with E-state index in [0.29, 0.717) is 25.4 Å². The largest absolute Gasteiger partial charge is 0.459 e. The first-order valence-electron chi connectivity index (χ1n) is 9.08. The van der Waals surface area contributed by atoms with Crippen molar-refractivity contribution in [2.24, 2.45) is 0 Å². The second kappa shape index (κ2) is 7.64. The molecular weight excluding hydrogens is 380 g/mol. The molecule has 2 aromatic rings. The van der Waals surface area contributed by atoms with E-state index in [1.165, 1.54) is 0 Å². The highest BCUT2D eigenvalue weighted by atomic mass is 32.2. The zero-order valence-corrected chi connectivity index (χ0v) is 16.7. The molecule has 3 heterocycles. The minimum Gasteiger partial charge on any atom is -0.459 e. The van der Waals surface area contributed by atoms with Crippen molar-refractivity contribution in [2.45, 2.75) is 24.3 Å². The smallest absolute Gasteiger partial charge is 0.234 e. The number of piperidine rings is 1. The number of carbonyl (C=O) groups is 2. The first-order valence-corrected chi connectivity index (χ1v) is 10.7. The van der Waals surface area contributed by atoms with Gasteiger partial charge >= 0.3 is 0 Å². The number of likely N-dealkylation sites (tertiary alicyclic amines) is 1. The van der Waals surface area contributed by atoms with E-state index >= 15 is 0 Å². The van der Waals surface area contributed by atoms with Crippen LogP contribution in [-0.2, 0) is 16.1 Å². The summed E-state index contributed by atoms with van der Waals surface area (Å²) in [6.45, 7) is 1.81. The minimum absolute atomic E-state index is 0.0626. The van der Waals surface area contributed by atoms with Gasteiger partial charge < -0.3 is 14.2 Å². The molecule has 142 valence electrons. The molecule has 1 aromatic carbocycles. The van der Waals surface area contributed by atoms with Gasteiger partial charge in [-0.3, -0.25) is 9.59 Å². The third-order valence-corrected chi connectivity index (χ3v) is 7.15. The number of hydrogen-bond donors (Lipinski definition) is 1. The van der Waals surface area contributed by atoms with Gasteiger partial charge in [0.1, 0.15) is 11.5 Å². The van der Waals surface area contributed by atoms with Crippen molar-refractivity contribution in [3.05, 3.63) is 48.2 Å². The highest BCUT2D eigenvalue weighted by Gasteiger charge is 2.48. The summed E-state index contributed by atoms with van der Waals surface area (Å²) < 4.78 is 6.01. The normalized spacial score (nSPS) is 19.1. The number of nitrogens with zero attached hydrogens (tertiary/aromatic N) is 2. The molecule has 2 amide bonds. The van der Waals surface area contributed by atoms with Gasteiger partial charge in [0, 0.05) is 18.7 Å². The van der Waals surface area contributed by atoms with Crippen LogP contribution in [0.2, 0.25) is 0 Å². The number of thiol groups is 1. The number of amides is 2. The minimum atomic E-state index is -0.232. The van der Waals surface area contributed by atoms with Gasteiger partial charge in [-0.25, -0.2) is 0 Å². The number of thioether (sulfide) groups is 1. The Morgan fingerprint density at radius 3 is 2.59 bits per heavy atom. The molecule has 4 rings (SSSR count). The molecule has 2 aliphatic heterocycles. The van der Waals surface area contributed by atoms with Gasteiger partial charge in [0.05, 0.1) is 22.9 Å². The van der Waals surface area contributed by atoms with Crippen LogP contribution in [-0.4, -0.2) is 51.1 Å². The van der Waals surface area contributed by atoms with Crippen molar-refractivity contribution < 1.29 is 14.0 Å². The molecule has 1 spiro atoms. The fourth-order valence-corrected chi connectivity index (χ4v) is 5.35. The Kier molecular flexibility index (Phi) is 5.23. The first-order chi connectivity index (χ1) is 13.1. The highest BCUT2D eigenvalue weighted by Crippen LogP contribution is 2.45. The number of rotatable bonds is 4. The zero-order valence-electron chi connectivity index (χ0n) is 15.0. The summed E-state index contributed by atoms with van der Waals surface area (Å²) in [6.07, 6.45) is 1.57. The van der Waals surface area contributed by atoms with E-state index in [1.54, 1.807) is 11.8 Å². The van der Waals surface area contributed by atoms with Gasteiger partial charge in [-0.2, -0.15) is 12.6 Å². The molecule has 0 radical (unpaired) electrons. The van der Waals surface area contributed by atoms with Gasteiger partial charge in [-0.05, 0) is 25.0 Å². The predicted octanol–water partition coefficient (Wildman–Crippen LogP) is 3.27. The van der Waals surface area contributed by atoms with Crippen molar-refractivity contribution >= 4 is 36.2 Å². The molecular formula is C20H22N2O3S2. The Morgan fingerprint density at radius 2 is 1.89 bits per heavy atom. The SMILES string of the molecule is O=C(CS)N1CCC2(CC1)SCC(=O)N2Cc1ccc(-c2ccccc2)o1. The average Bonchev–Trinajstić information content (AvgIpc) is 3.30. The summed E-state index contributed by atoms with van der Waals surface area (Å²) in [7, 11) is 0. The summed E-state index contributed by atoms with van der Waals surface area (Å²) in [5.74, 6) is 2.54. The lowest BCUT2D eigenvalue weighted by Gasteiger charge is -2.43. The van der Waals surface area contributed by atoms with Crippen LogP contribution in [0.5, 0.6) is 0 Å². The van der Waals surface area contributed by atoms with Gasteiger partial charge in [0.2, 0.25) is 11.8 Å². The van der Waals surface area contributed by atoms with E-state index in [4.69, 9.17) is 4.42 Å². The van der Waals surface area contributed by atoms with Crippen LogP contribution in [0, 0.1) is 0 Å². The zero-order chi connectivity index (χ0) is 18.9. The van der Waals surface area contributed by atoms with Gasteiger partial charge in [-0.15, -0.1) is 11.8 Å². The van der Waals surface area contributed by atoms with Crippen molar-refractivity contribution in [2.75, 3.05) is 24.6 Å². The number of furan rings is 1. The first kappa shape index (κ1) is 18.5. The van der Waals surface area contributed by atoms with E-state index in [1.807, 2.05) is 52.3 Å². The monoisotopic (exact) mass is 402 g/mol. The van der Waals surface area contributed by atoms with Crippen LogP contribution in [0.25, 0.3) is 11.3 Å². The molecule has 5 nitrogen and oxygen atoms in total. The van der Waals surface area contributed by atoms with Gasteiger partial charge in [-0.1, -0.05) is 30.3 Å². The Balaban J connectivity index is 1.49. The van der Waals surface area contributed by atoms with Crippen LogP contribution in [0.4, 0.5) is 0 Å². The standard InChI is InChI=1S/C20H22N2O3S2/c23-18(13-26)21-10-8-20(9-11-21)22(19(24)14-27-20)12-16-6-7-17(25-16)15-4-2-1-3-5-15/h1-7,26H,8-14H2. The third-order valence-electron chi connectivity index (χ3n) is 5.32. The van der Waals surface area contributed by atoms with E-state index in [9.17, 15) is 9.59 Å². The second-order valence-corrected chi connectivity index (χ2v) is 8.54. The lowest BCUT2D eigenvalue weighted by Crippen LogP contribution is -2.52. The predicted molar refractivity (Wildman–Crippen MR) is 110 cm³/mol. The molecule has 7 heteroatoms. The molecule has 2 fully saturated rings. The fourth-order valence-electron chi connectivity index (χ4n) is 3.81. The molecule has 0 atom stereocenters. The molecule has 0 saturated carbocycles. The summed E-state index contributed by atoms with van der Waals surface area (Å²) in [5, 5.41) is 0. The molecule has 2 saturated heterocycles. The van der Waals surface area contributed by atoms with Crippen LogP contribution < -0.4 is 0 Å². The van der Waals surface area contributed by atoms with Gasteiger partial charge in [0.25, 0.3) is 0 Å². The lowest BCUT2D eigenvalue weighted by molar-refractivity contribution is -0.134. The maximum atomic E-state index is 12.6. The number of hydrogen-bond acceptors (Lipinski definition) is 5. The molecule has 2 aliphatic rings. The maximum Gasteiger partial charge on any atom is 0.234 e. The summed E-state index contributed by atoms with van der Waals surface area (Å²) >= 11 is 5.79. The van der Waals surface area contributed by atoms with Crippen LogP contribution in [0.15, 0.2) is 46.9 Å². The Morgan fingerprint density at radius 1 is 1.15 bits per heavy atom. The van der Waals surface area contributed by atoms with Gasteiger partial charge in [0.15, 0.2) is 0 Å². The summed E-state index contributed by atoms with van der Waals surface area (Å²) in [4.78, 5) is 28.0. The molecule has 0 unspecified atom stereocenters.